The van der Waals surface area contributed by atoms with Crippen molar-refractivity contribution in [2.45, 2.75) is 17.9 Å². The van der Waals surface area contributed by atoms with Crippen LogP contribution in [0.3, 0.4) is 0 Å². The minimum Gasteiger partial charge on any atom is -0.153 e. The van der Waals surface area contributed by atoms with Crippen LogP contribution in [0, 0.1) is 0 Å². The molecule has 0 saturated carbocycles. The fraction of sp³-hybridized carbons (Fsp3) is 0.333. The topological polar surface area (TPSA) is 0 Å². The molecule has 1 atom stereocenters. The van der Waals surface area contributed by atoms with E-state index >= 15 is 0 Å². The van der Waals surface area contributed by atoms with Gasteiger partial charge in [0.2, 0.25) is 0 Å². The first kappa shape index (κ1) is 11.3. The fourth-order valence-electron chi connectivity index (χ4n) is 1.42. The predicted molar refractivity (Wildman–Crippen MR) is 73.3 cm³/mol. The van der Waals surface area contributed by atoms with E-state index in [1.165, 1.54) is 15.6 Å². The first-order chi connectivity index (χ1) is 7.31. The van der Waals surface area contributed by atoms with E-state index in [0.717, 1.165) is 11.6 Å². The summed E-state index contributed by atoms with van der Waals surface area (Å²) >= 11 is 9.54. The Morgan fingerprint density at radius 3 is 3.00 bits per heavy atom. The van der Waals surface area contributed by atoms with Gasteiger partial charge < -0.3 is 0 Å². The molecule has 1 aromatic heterocycles. The summed E-state index contributed by atoms with van der Waals surface area (Å²) in [7, 11) is 0. The van der Waals surface area contributed by atoms with Gasteiger partial charge in [0.15, 0.2) is 0 Å². The Morgan fingerprint density at radius 1 is 1.40 bits per heavy atom. The second-order valence-corrected chi connectivity index (χ2v) is 6.18. The van der Waals surface area contributed by atoms with Crippen LogP contribution in [0.15, 0.2) is 29.6 Å². The van der Waals surface area contributed by atoms with E-state index < -0.39 is 0 Å². The van der Waals surface area contributed by atoms with Gasteiger partial charge in [-0.05, 0) is 22.4 Å². The van der Waals surface area contributed by atoms with Crippen LogP contribution >= 0.6 is 34.7 Å². The highest BCUT2D eigenvalue weighted by Gasteiger charge is 2.05. The highest BCUT2D eigenvalue weighted by atomic mass is 35.5. The molecule has 2 rings (SSSR count). The predicted octanol–water partition coefficient (Wildman–Crippen LogP) is 4.76. The van der Waals surface area contributed by atoms with Crippen LogP contribution < -0.4 is 0 Å². The van der Waals surface area contributed by atoms with Crippen molar-refractivity contribution >= 4 is 44.8 Å². The number of fused-ring (bicyclic) bond motifs is 1. The zero-order valence-corrected chi connectivity index (χ0v) is 11.0. The Kier molecular flexibility index (Phi) is 3.95. The van der Waals surface area contributed by atoms with Crippen LogP contribution in [0.2, 0.25) is 0 Å². The standard InChI is InChI=1S/C12H13ClS2/c1-9(6-13)14-7-10-8-15-12-5-3-2-4-11(10)12/h2-5,8-9H,6-7H2,1H3. The van der Waals surface area contributed by atoms with Gasteiger partial charge in [-0.25, -0.2) is 0 Å². The monoisotopic (exact) mass is 256 g/mol. The zero-order chi connectivity index (χ0) is 10.7. The normalized spacial score (nSPS) is 13.2. The SMILES string of the molecule is CC(CCl)SCc1csc2ccccc12. The minimum absolute atomic E-state index is 0.533. The van der Waals surface area contributed by atoms with E-state index in [0.29, 0.717) is 5.25 Å². The van der Waals surface area contributed by atoms with Crippen molar-refractivity contribution in [3.63, 3.8) is 0 Å². The lowest BCUT2D eigenvalue weighted by Gasteiger charge is -2.05. The van der Waals surface area contributed by atoms with E-state index in [1.54, 1.807) is 0 Å². The third kappa shape index (κ3) is 2.68. The summed E-state index contributed by atoms with van der Waals surface area (Å²) in [5, 5.41) is 4.20. The minimum atomic E-state index is 0.533. The van der Waals surface area contributed by atoms with Crippen molar-refractivity contribution in [1.82, 2.24) is 0 Å². The van der Waals surface area contributed by atoms with Crippen molar-refractivity contribution in [3.8, 4) is 0 Å². The van der Waals surface area contributed by atoms with Gasteiger partial charge in [0.05, 0.1) is 0 Å². The molecule has 0 amide bonds. The van der Waals surface area contributed by atoms with Crippen LogP contribution in [-0.2, 0) is 5.75 Å². The molecule has 0 N–H and O–H groups in total. The van der Waals surface area contributed by atoms with Crippen LogP contribution in [-0.4, -0.2) is 11.1 Å². The largest absolute Gasteiger partial charge is 0.153 e. The number of thiophene rings is 1. The van der Waals surface area contributed by atoms with Crippen molar-refractivity contribution in [2.75, 3.05) is 5.88 Å². The van der Waals surface area contributed by atoms with E-state index in [9.17, 15) is 0 Å². The van der Waals surface area contributed by atoms with Gasteiger partial charge >= 0.3 is 0 Å². The highest BCUT2D eigenvalue weighted by Crippen LogP contribution is 2.29. The lowest BCUT2D eigenvalue weighted by molar-refractivity contribution is 1.12. The van der Waals surface area contributed by atoms with Crippen molar-refractivity contribution < 1.29 is 0 Å². The molecule has 1 unspecified atom stereocenters. The van der Waals surface area contributed by atoms with Crippen molar-refractivity contribution in [2.24, 2.45) is 0 Å². The van der Waals surface area contributed by atoms with Crippen LogP contribution in [0.1, 0.15) is 12.5 Å². The summed E-state index contributed by atoms with van der Waals surface area (Å²) in [4.78, 5) is 0. The Morgan fingerprint density at radius 2 is 2.20 bits per heavy atom. The number of halogens is 1. The first-order valence-electron chi connectivity index (χ1n) is 4.94. The van der Waals surface area contributed by atoms with Gasteiger partial charge in [-0.2, -0.15) is 11.8 Å². The third-order valence-corrected chi connectivity index (χ3v) is 5.17. The van der Waals surface area contributed by atoms with E-state index in [2.05, 4.69) is 36.6 Å². The number of thioether (sulfide) groups is 1. The number of rotatable bonds is 4. The van der Waals surface area contributed by atoms with Gasteiger partial charge in [0, 0.05) is 21.6 Å². The number of benzene rings is 1. The molecule has 3 heteroatoms. The van der Waals surface area contributed by atoms with E-state index in [1.807, 2.05) is 23.1 Å². The molecule has 80 valence electrons. The summed E-state index contributed by atoms with van der Waals surface area (Å²) in [5.74, 6) is 1.80. The molecule has 0 saturated heterocycles. The zero-order valence-electron chi connectivity index (χ0n) is 8.57. The smallest absolute Gasteiger partial charge is 0.0345 e. The molecular weight excluding hydrogens is 244 g/mol. The maximum absolute atomic E-state index is 5.79. The third-order valence-electron chi connectivity index (χ3n) is 2.30. The average molecular weight is 257 g/mol. The molecule has 1 aromatic carbocycles. The molecule has 0 nitrogen and oxygen atoms in total. The fourth-order valence-corrected chi connectivity index (χ4v) is 3.55. The second kappa shape index (κ2) is 5.24. The Hall–Kier alpha value is -0.180. The van der Waals surface area contributed by atoms with Gasteiger partial charge in [-0.3, -0.25) is 0 Å². The second-order valence-electron chi connectivity index (χ2n) is 3.53. The van der Waals surface area contributed by atoms with Gasteiger partial charge in [-0.1, -0.05) is 25.1 Å². The number of hydrogen-bond acceptors (Lipinski definition) is 2. The van der Waals surface area contributed by atoms with E-state index in [-0.39, 0.29) is 0 Å². The molecule has 0 aliphatic carbocycles. The average Bonchev–Trinajstić information content (AvgIpc) is 2.69. The van der Waals surface area contributed by atoms with Crippen molar-refractivity contribution in [3.05, 3.63) is 35.2 Å². The molecule has 2 aromatic rings. The van der Waals surface area contributed by atoms with Gasteiger partial charge in [0.1, 0.15) is 0 Å². The summed E-state index contributed by atoms with van der Waals surface area (Å²) in [6.45, 7) is 2.17. The maximum atomic E-state index is 5.79. The molecule has 0 spiro atoms. The summed E-state index contributed by atoms with van der Waals surface area (Å²) in [5.41, 5.74) is 1.44. The molecule has 0 radical (unpaired) electrons. The quantitative estimate of drug-likeness (QED) is 0.711. The van der Waals surface area contributed by atoms with Gasteiger partial charge in [-0.15, -0.1) is 22.9 Å². The summed E-state index contributed by atoms with van der Waals surface area (Å²) in [6.07, 6.45) is 0. The number of alkyl halides is 1. The van der Waals surface area contributed by atoms with Crippen LogP contribution in [0.4, 0.5) is 0 Å². The molecule has 0 fully saturated rings. The Labute approximate surface area is 104 Å². The molecule has 0 aliphatic heterocycles. The molecule has 0 aliphatic rings. The summed E-state index contributed by atoms with van der Waals surface area (Å²) < 4.78 is 1.38. The number of hydrogen-bond donors (Lipinski definition) is 0. The highest BCUT2D eigenvalue weighted by molar-refractivity contribution is 7.99. The first-order valence-corrected chi connectivity index (χ1v) is 7.40. The van der Waals surface area contributed by atoms with Gasteiger partial charge in [0.25, 0.3) is 0 Å². The molecule has 0 bridgehead atoms. The molecule has 15 heavy (non-hydrogen) atoms. The van der Waals surface area contributed by atoms with Crippen LogP contribution in [0.25, 0.3) is 10.1 Å². The van der Waals surface area contributed by atoms with E-state index in [4.69, 9.17) is 11.6 Å². The van der Waals surface area contributed by atoms with Crippen molar-refractivity contribution in [1.29, 1.82) is 0 Å². The lowest BCUT2D eigenvalue weighted by Crippen LogP contribution is -1.97. The van der Waals surface area contributed by atoms with Crippen LogP contribution in [0.5, 0.6) is 0 Å². The maximum Gasteiger partial charge on any atom is 0.0345 e. The molecular formula is C12H13ClS2. The lowest BCUT2D eigenvalue weighted by atomic mass is 10.2. The Balaban J connectivity index is 2.14. The summed E-state index contributed by atoms with van der Waals surface area (Å²) in [6, 6.07) is 8.58. The Bertz CT molecular complexity index is 436. The molecule has 1 heterocycles.